The lowest BCUT2D eigenvalue weighted by Crippen LogP contribution is -2.19. The van der Waals surface area contributed by atoms with Crippen molar-refractivity contribution >= 4 is 31.6 Å². The highest BCUT2D eigenvalue weighted by molar-refractivity contribution is 9.10. The van der Waals surface area contributed by atoms with E-state index in [9.17, 15) is 8.42 Å². The molecule has 6 nitrogen and oxygen atoms in total. The van der Waals surface area contributed by atoms with Crippen molar-refractivity contribution in [2.24, 2.45) is 0 Å². The zero-order valence-electron chi connectivity index (χ0n) is 11.6. The highest BCUT2D eigenvalue weighted by atomic mass is 79.9. The molecule has 0 unspecified atom stereocenters. The van der Waals surface area contributed by atoms with Gasteiger partial charge in [0.2, 0.25) is 0 Å². The predicted octanol–water partition coefficient (Wildman–Crippen LogP) is 2.06. The largest absolute Gasteiger partial charge is 0.315 e. The molecule has 8 heteroatoms. The van der Waals surface area contributed by atoms with Crippen molar-refractivity contribution in [2.45, 2.75) is 18.4 Å². The fraction of sp³-hybridized carbons (Fsp3) is 0.308. The van der Waals surface area contributed by atoms with E-state index < -0.39 is 10.0 Å². The molecule has 21 heavy (non-hydrogen) atoms. The van der Waals surface area contributed by atoms with E-state index in [1.165, 1.54) is 12.4 Å². The molecule has 1 aromatic carbocycles. The van der Waals surface area contributed by atoms with Gasteiger partial charge >= 0.3 is 0 Å². The van der Waals surface area contributed by atoms with E-state index in [0.29, 0.717) is 12.2 Å². The van der Waals surface area contributed by atoms with Crippen molar-refractivity contribution in [3.8, 4) is 0 Å². The van der Waals surface area contributed by atoms with Gasteiger partial charge < -0.3 is 5.32 Å². The van der Waals surface area contributed by atoms with Crippen LogP contribution in [-0.4, -0.2) is 31.3 Å². The Bertz CT molecular complexity index is 700. The van der Waals surface area contributed by atoms with Crippen LogP contribution in [0.5, 0.6) is 0 Å². The van der Waals surface area contributed by atoms with Crippen molar-refractivity contribution in [3.05, 3.63) is 41.1 Å². The minimum atomic E-state index is -3.61. The lowest BCUT2D eigenvalue weighted by atomic mass is 10.3. The van der Waals surface area contributed by atoms with Crippen LogP contribution in [0.4, 0.5) is 5.69 Å². The first kappa shape index (κ1) is 16.0. The molecule has 0 bridgehead atoms. The number of hydrogen-bond acceptors (Lipinski definition) is 4. The van der Waals surface area contributed by atoms with E-state index >= 15 is 0 Å². The van der Waals surface area contributed by atoms with Crippen LogP contribution in [0.1, 0.15) is 6.92 Å². The van der Waals surface area contributed by atoms with Crippen molar-refractivity contribution in [1.29, 1.82) is 0 Å². The van der Waals surface area contributed by atoms with Gasteiger partial charge in [-0.3, -0.25) is 9.40 Å². The van der Waals surface area contributed by atoms with Crippen LogP contribution in [0, 0.1) is 0 Å². The molecule has 2 N–H and O–H groups in total. The number of benzene rings is 1. The Balaban J connectivity index is 2.09. The topological polar surface area (TPSA) is 76.0 Å². The van der Waals surface area contributed by atoms with E-state index in [4.69, 9.17) is 0 Å². The average Bonchev–Trinajstić information content (AvgIpc) is 2.88. The number of aromatic nitrogens is 2. The minimum absolute atomic E-state index is 0.152. The maximum atomic E-state index is 12.3. The summed E-state index contributed by atoms with van der Waals surface area (Å²) in [6.07, 6.45) is 2.88. The van der Waals surface area contributed by atoms with Gasteiger partial charge in [-0.15, -0.1) is 0 Å². The maximum Gasteiger partial charge on any atom is 0.265 e. The van der Waals surface area contributed by atoms with Gasteiger partial charge in [0.05, 0.1) is 12.7 Å². The number of nitrogens with zero attached hydrogens (tertiary/aromatic N) is 2. The van der Waals surface area contributed by atoms with Gasteiger partial charge in [0.1, 0.15) is 4.90 Å². The summed E-state index contributed by atoms with van der Waals surface area (Å²) in [5.41, 5.74) is 0.504. The number of likely N-dealkylation sites (N-methyl/N-ethyl adjacent to an activating group) is 1. The maximum absolute atomic E-state index is 12.3. The minimum Gasteiger partial charge on any atom is -0.315 e. The average molecular weight is 373 g/mol. The molecule has 0 atom stereocenters. The Morgan fingerprint density at radius 2 is 2.19 bits per heavy atom. The number of anilines is 1. The van der Waals surface area contributed by atoms with Gasteiger partial charge in [-0.1, -0.05) is 28.9 Å². The predicted molar refractivity (Wildman–Crippen MR) is 85.7 cm³/mol. The molecule has 0 aliphatic heterocycles. The summed E-state index contributed by atoms with van der Waals surface area (Å²) in [4.78, 5) is 0.152. The molecule has 0 spiro atoms. The normalized spacial score (nSPS) is 11.5. The monoisotopic (exact) mass is 372 g/mol. The highest BCUT2D eigenvalue weighted by Gasteiger charge is 2.16. The van der Waals surface area contributed by atoms with Crippen LogP contribution in [0.2, 0.25) is 0 Å². The first-order valence-corrected chi connectivity index (χ1v) is 8.80. The molecule has 0 aliphatic rings. The Hall–Kier alpha value is -1.38. The van der Waals surface area contributed by atoms with E-state index in [1.807, 2.05) is 13.0 Å². The summed E-state index contributed by atoms with van der Waals surface area (Å²) in [7, 11) is -3.61. The van der Waals surface area contributed by atoms with Crippen molar-refractivity contribution in [3.63, 3.8) is 0 Å². The van der Waals surface area contributed by atoms with Gasteiger partial charge in [-0.2, -0.15) is 5.10 Å². The Morgan fingerprint density at radius 1 is 1.38 bits per heavy atom. The molecular formula is C13H17BrN4O2S. The Labute approximate surface area is 132 Å². The third-order valence-corrected chi connectivity index (χ3v) is 4.59. The van der Waals surface area contributed by atoms with Crippen LogP contribution in [0.3, 0.4) is 0 Å². The molecule has 1 heterocycles. The molecule has 2 rings (SSSR count). The molecule has 114 valence electrons. The van der Waals surface area contributed by atoms with Crippen molar-refractivity contribution in [2.75, 3.05) is 17.8 Å². The highest BCUT2D eigenvalue weighted by Crippen LogP contribution is 2.19. The van der Waals surface area contributed by atoms with Crippen LogP contribution in [0.25, 0.3) is 0 Å². The Kier molecular flexibility index (Phi) is 5.38. The summed E-state index contributed by atoms with van der Waals surface area (Å²) in [5.74, 6) is 0. The molecule has 0 saturated heterocycles. The fourth-order valence-electron chi connectivity index (χ4n) is 1.74. The summed E-state index contributed by atoms with van der Waals surface area (Å²) in [5, 5.41) is 7.22. The van der Waals surface area contributed by atoms with Crippen molar-refractivity contribution in [1.82, 2.24) is 15.1 Å². The van der Waals surface area contributed by atoms with Crippen LogP contribution >= 0.6 is 15.9 Å². The summed E-state index contributed by atoms with van der Waals surface area (Å²) in [6, 6.07) is 6.99. The number of rotatable bonds is 7. The van der Waals surface area contributed by atoms with Crippen LogP contribution in [-0.2, 0) is 16.6 Å². The van der Waals surface area contributed by atoms with E-state index in [1.54, 1.807) is 22.9 Å². The smallest absolute Gasteiger partial charge is 0.265 e. The van der Waals surface area contributed by atoms with Gasteiger partial charge in [-0.25, -0.2) is 8.42 Å². The summed E-state index contributed by atoms with van der Waals surface area (Å²) >= 11 is 3.31. The van der Waals surface area contributed by atoms with Gasteiger partial charge in [-0.05, 0) is 24.7 Å². The molecule has 0 radical (unpaired) electrons. The van der Waals surface area contributed by atoms with Crippen LogP contribution in [0.15, 0.2) is 46.0 Å². The SMILES string of the molecule is CCNCCn1cc(S(=O)(=O)Nc2cccc(Br)c2)cn1. The number of nitrogens with one attached hydrogen (secondary N) is 2. The summed E-state index contributed by atoms with van der Waals surface area (Å²) in [6.45, 7) is 4.26. The second kappa shape index (κ2) is 7.06. The number of sulfonamides is 1. The first-order valence-electron chi connectivity index (χ1n) is 6.53. The quantitative estimate of drug-likeness (QED) is 0.729. The lowest BCUT2D eigenvalue weighted by molar-refractivity contribution is 0.564. The molecule has 0 amide bonds. The summed E-state index contributed by atoms with van der Waals surface area (Å²) < 4.78 is 29.5. The standard InChI is InChI=1S/C13H17BrN4O2S/c1-2-15-6-7-18-10-13(9-16-18)21(19,20)17-12-5-3-4-11(14)8-12/h3-5,8-10,15,17H,2,6-7H2,1H3. The molecular weight excluding hydrogens is 356 g/mol. The van der Waals surface area contributed by atoms with Gasteiger partial charge in [0, 0.05) is 22.9 Å². The fourth-order valence-corrected chi connectivity index (χ4v) is 3.14. The molecule has 0 saturated carbocycles. The van der Waals surface area contributed by atoms with E-state index in [-0.39, 0.29) is 4.90 Å². The number of halogens is 1. The zero-order chi connectivity index (χ0) is 15.3. The third-order valence-electron chi connectivity index (χ3n) is 2.76. The Morgan fingerprint density at radius 3 is 2.90 bits per heavy atom. The molecule has 0 fully saturated rings. The zero-order valence-corrected chi connectivity index (χ0v) is 14.0. The lowest BCUT2D eigenvalue weighted by Gasteiger charge is -2.06. The number of hydrogen-bond donors (Lipinski definition) is 2. The van der Waals surface area contributed by atoms with Gasteiger partial charge in [0.25, 0.3) is 10.0 Å². The third kappa shape index (κ3) is 4.55. The molecule has 2 aromatic rings. The second-order valence-corrected chi connectivity index (χ2v) is 7.01. The van der Waals surface area contributed by atoms with Gasteiger partial charge in [0.15, 0.2) is 0 Å². The van der Waals surface area contributed by atoms with Crippen molar-refractivity contribution < 1.29 is 8.42 Å². The molecule has 0 aliphatic carbocycles. The second-order valence-electron chi connectivity index (χ2n) is 4.41. The van der Waals surface area contributed by atoms with E-state index in [0.717, 1.165) is 17.6 Å². The van der Waals surface area contributed by atoms with Crippen LogP contribution < -0.4 is 10.0 Å². The van der Waals surface area contributed by atoms with E-state index in [2.05, 4.69) is 31.1 Å². The molecule has 1 aromatic heterocycles. The first-order chi connectivity index (χ1) is 10.0.